The number of hydrogen-bond donors (Lipinski definition) is 2. The van der Waals surface area contributed by atoms with Gasteiger partial charge in [0.1, 0.15) is 11.6 Å². The molecule has 5 nitrogen and oxygen atoms in total. The van der Waals surface area contributed by atoms with Gasteiger partial charge >= 0.3 is 0 Å². The number of amides is 1. The van der Waals surface area contributed by atoms with Crippen LogP contribution in [0.5, 0.6) is 0 Å². The summed E-state index contributed by atoms with van der Waals surface area (Å²) < 4.78 is 27.0. The van der Waals surface area contributed by atoms with Crippen LogP contribution in [0.25, 0.3) is 0 Å². The summed E-state index contributed by atoms with van der Waals surface area (Å²) in [5, 5.41) is 11.3. The quantitative estimate of drug-likeness (QED) is 0.360. The van der Waals surface area contributed by atoms with E-state index in [1.54, 1.807) is 0 Å². The van der Waals surface area contributed by atoms with Crippen LogP contribution in [0, 0.1) is 11.6 Å². The number of nitrogens with zero attached hydrogens (tertiary/aromatic N) is 2. The third-order valence-electron chi connectivity index (χ3n) is 2.72. The molecule has 1 aromatic carbocycles. The van der Waals surface area contributed by atoms with Crippen molar-refractivity contribution in [2.24, 2.45) is 10.9 Å². The lowest BCUT2D eigenvalue weighted by Crippen LogP contribution is -2.40. The van der Waals surface area contributed by atoms with E-state index in [1.807, 2.05) is 6.92 Å². The van der Waals surface area contributed by atoms with Gasteiger partial charge in [0.15, 0.2) is 5.84 Å². The molecule has 1 amide bonds. The van der Waals surface area contributed by atoms with E-state index in [0.29, 0.717) is 13.0 Å². The summed E-state index contributed by atoms with van der Waals surface area (Å²) in [6.07, 6.45) is 0.238. The van der Waals surface area contributed by atoms with Gasteiger partial charge in [0.05, 0.1) is 13.0 Å². The van der Waals surface area contributed by atoms with Gasteiger partial charge in [-0.3, -0.25) is 4.79 Å². The average Bonchev–Trinajstić information content (AvgIpc) is 2.42. The van der Waals surface area contributed by atoms with E-state index >= 15 is 0 Å². The minimum atomic E-state index is -0.765. The number of halogens is 2. The van der Waals surface area contributed by atoms with Crippen LogP contribution in [-0.4, -0.2) is 34.9 Å². The highest BCUT2D eigenvalue weighted by molar-refractivity contribution is 5.87. The first-order valence-corrected chi connectivity index (χ1v) is 6.16. The highest BCUT2D eigenvalue weighted by atomic mass is 19.1. The Hall–Kier alpha value is -2.18. The Morgan fingerprint density at radius 1 is 1.40 bits per heavy atom. The van der Waals surface area contributed by atoms with Gasteiger partial charge < -0.3 is 15.8 Å². The Kier molecular flexibility index (Phi) is 5.89. The molecular weight excluding hydrogens is 268 g/mol. The van der Waals surface area contributed by atoms with E-state index in [-0.39, 0.29) is 17.9 Å². The maximum Gasteiger partial charge on any atom is 0.227 e. The second kappa shape index (κ2) is 7.42. The number of oxime groups is 1. The van der Waals surface area contributed by atoms with Gasteiger partial charge in [-0.25, -0.2) is 8.78 Å². The zero-order valence-electron chi connectivity index (χ0n) is 11.1. The predicted molar refractivity (Wildman–Crippen MR) is 70.3 cm³/mol. The molecule has 1 aromatic rings. The zero-order valence-corrected chi connectivity index (χ0v) is 11.1. The fourth-order valence-electron chi connectivity index (χ4n) is 1.75. The Balaban J connectivity index is 2.85. The molecule has 0 bridgehead atoms. The van der Waals surface area contributed by atoms with Gasteiger partial charge in [-0.05, 0) is 18.6 Å². The van der Waals surface area contributed by atoms with E-state index in [1.165, 1.54) is 11.0 Å². The fraction of sp³-hybridized carbons (Fsp3) is 0.385. The number of carbonyl (C=O) groups is 1. The predicted octanol–water partition coefficient (Wildman–Crippen LogP) is 1.49. The zero-order chi connectivity index (χ0) is 15.1. The summed E-state index contributed by atoms with van der Waals surface area (Å²) in [5.41, 5.74) is 5.07. The smallest absolute Gasteiger partial charge is 0.227 e. The van der Waals surface area contributed by atoms with Crippen molar-refractivity contribution in [3.8, 4) is 0 Å². The van der Waals surface area contributed by atoms with Gasteiger partial charge in [-0.2, -0.15) is 0 Å². The third kappa shape index (κ3) is 4.18. The highest BCUT2D eigenvalue weighted by Crippen LogP contribution is 2.14. The largest absolute Gasteiger partial charge is 0.409 e. The number of rotatable bonds is 6. The van der Waals surface area contributed by atoms with Crippen LogP contribution in [-0.2, 0) is 11.2 Å². The number of hydrogen-bond acceptors (Lipinski definition) is 3. The minimum absolute atomic E-state index is 0.0841. The fourth-order valence-corrected chi connectivity index (χ4v) is 1.75. The summed E-state index contributed by atoms with van der Waals surface area (Å²) in [5.74, 6) is -2.15. The Labute approximate surface area is 115 Å². The Morgan fingerprint density at radius 3 is 2.50 bits per heavy atom. The van der Waals surface area contributed by atoms with Crippen LogP contribution < -0.4 is 5.73 Å². The summed E-state index contributed by atoms with van der Waals surface area (Å²) in [6, 6.07) is 3.43. The molecule has 0 unspecified atom stereocenters. The molecule has 7 heteroatoms. The van der Waals surface area contributed by atoms with E-state index in [9.17, 15) is 13.6 Å². The molecule has 0 saturated heterocycles. The number of amidine groups is 1. The second-order valence-electron chi connectivity index (χ2n) is 4.28. The molecule has 0 spiro atoms. The monoisotopic (exact) mass is 285 g/mol. The molecule has 0 aliphatic heterocycles. The van der Waals surface area contributed by atoms with Crippen molar-refractivity contribution in [3.63, 3.8) is 0 Å². The number of nitrogens with two attached hydrogens (primary N) is 1. The molecule has 20 heavy (non-hydrogen) atoms. The lowest BCUT2D eigenvalue weighted by molar-refractivity contribution is -0.129. The summed E-state index contributed by atoms with van der Waals surface area (Å²) in [4.78, 5) is 13.4. The van der Waals surface area contributed by atoms with E-state index in [2.05, 4.69) is 5.16 Å². The highest BCUT2D eigenvalue weighted by Gasteiger charge is 2.19. The first-order chi connectivity index (χ1) is 9.49. The average molecular weight is 285 g/mol. The van der Waals surface area contributed by atoms with Gasteiger partial charge in [0, 0.05) is 12.1 Å². The molecule has 0 saturated carbocycles. The van der Waals surface area contributed by atoms with Gasteiger partial charge in [-0.1, -0.05) is 18.1 Å². The van der Waals surface area contributed by atoms with Crippen LogP contribution in [0.1, 0.15) is 18.9 Å². The van der Waals surface area contributed by atoms with Crippen molar-refractivity contribution in [1.82, 2.24) is 4.90 Å². The summed E-state index contributed by atoms with van der Waals surface area (Å²) >= 11 is 0. The molecule has 0 aliphatic carbocycles. The molecule has 0 heterocycles. The maximum atomic E-state index is 13.5. The van der Waals surface area contributed by atoms with Gasteiger partial charge in [-0.15, -0.1) is 0 Å². The molecule has 0 fully saturated rings. The standard InChI is InChI=1S/C13H17F2N3O2/c1-2-6-18(8-12(16)17-20)13(19)7-9-10(14)4-3-5-11(9)15/h3-5,20H,2,6-8H2,1H3,(H2,16,17). The second-order valence-corrected chi connectivity index (χ2v) is 4.28. The van der Waals surface area contributed by atoms with Crippen molar-refractivity contribution >= 4 is 11.7 Å². The van der Waals surface area contributed by atoms with Crippen LogP contribution >= 0.6 is 0 Å². The number of carbonyl (C=O) groups excluding carboxylic acids is 1. The van der Waals surface area contributed by atoms with Crippen LogP contribution in [0.4, 0.5) is 8.78 Å². The van der Waals surface area contributed by atoms with Crippen molar-refractivity contribution in [2.45, 2.75) is 19.8 Å². The minimum Gasteiger partial charge on any atom is -0.409 e. The number of benzene rings is 1. The first kappa shape index (κ1) is 15.9. The van der Waals surface area contributed by atoms with Crippen LogP contribution in [0.15, 0.2) is 23.4 Å². The molecule has 0 atom stereocenters. The molecule has 0 aromatic heterocycles. The van der Waals surface area contributed by atoms with E-state index < -0.39 is 24.0 Å². The molecule has 0 aliphatic rings. The Bertz CT molecular complexity index is 486. The van der Waals surface area contributed by atoms with Crippen molar-refractivity contribution in [2.75, 3.05) is 13.1 Å². The van der Waals surface area contributed by atoms with Gasteiger partial charge in [0.25, 0.3) is 0 Å². The van der Waals surface area contributed by atoms with Crippen LogP contribution in [0.3, 0.4) is 0 Å². The van der Waals surface area contributed by atoms with Crippen molar-refractivity contribution in [1.29, 1.82) is 0 Å². The lowest BCUT2D eigenvalue weighted by Gasteiger charge is -2.21. The maximum absolute atomic E-state index is 13.5. The van der Waals surface area contributed by atoms with Gasteiger partial charge in [0.2, 0.25) is 5.91 Å². The van der Waals surface area contributed by atoms with E-state index in [0.717, 1.165) is 12.1 Å². The topological polar surface area (TPSA) is 78.9 Å². The normalized spacial score (nSPS) is 11.4. The molecule has 3 N–H and O–H groups in total. The Morgan fingerprint density at radius 2 is 2.00 bits per heavy atom. The molecule has 110 valence electrons. The molecular formula is C13H17F2N3O2. The SMILES string of the molecule is CCCN(C/C(N)=N/O)C(=O)Cc1c(F)cccc1F. The van der Waals surface area contributed by atoms with E-state index in [4.69, 9.17) is 10.9 Å². The third-order valence-corrected chi connectivity index (χ3v) is 2.72. The van der Waals surface area contributed by atoms with Crippen molar-refractivity contribution < 1.29 is 18.8 Å². The lowest BCUT2D eigenvalue weighted by atomic mass is 10.1. The molecule has 0 radical (unpaired) electrons. The summed E-state index contributed by atoms with van der Waals surface area (Å²) in [7, 11) is 0. The molecule has 1 rings (SSSR count). The summed E-state index contributed by atoms with van der Waals surface area (Å²) in [6.45, 7) is 2.11. The van der Waals surface area contributed by atoms with Crippen LogP contribution in [0.2, 0.25) is 0 Å². The first-order valence-electron chi connectivity index (χ1n) is 6.16. The van der Waals surface area contributed by atoms with Crippen molar-refractivity contribution in [3.05, 3.63) is 35.4 Å².